The molecule has 0 saturated heterocycles. The molecule has 5 heteroatoms. The van der Waals surface area contributed by atoms with Crippen molar-refractivity contribution in [2.45, 2.75) is 63.2 Å². The van der Waals surface area contributed by atoms with E-state index in [-0.39, 0.29) is 17.7 Å². The molecule has 2 N–H and O–H groups in total. The molecule has 0 unspecified atom stereocenters. The van der Waals surface area contributed by atoms with Crippen molar-refractivity contribution < 1.29 is 14.7 Å². The Hall–Kier alpha value is -1.36. The lowest BCUT2D eigenvalue weighted by molar-refractivity contribution is -0.157. The molecule has 1 amide bonds. The van der Waals surface area contributed by atoms with Gasteiger partial charge in [0.25, 0.3) is 0 Å². The summed E-state index contributed by atoms with van der Waals surface area (Å²) in [5.74, 6) is -0.918. The van der Waals surface area contributed by atoms with Crippen LogP contribution in [0.5, 0.6) is 0 Å². The van der Waals surface area contributed by atoms with Crippen molar-refractivity contribution >= 4 is 23.2 Å². The number of carbonyl (C=O) groups is 2. The van der Waals surface area contributed by atoms with Gasteiger partial charge in [0.1, 0.15) is 0 Å². The van der Waals surface area contributed by atoms with E-state index < -0.39 is 11.4 Å². The molecule has 0 radical (unpaired) electrons. The van der Waals surface area contributed by atoms with Gasteiger partial charge in [0, 0.05) is 23.3 Å². The molecule has 1 heterocycles. The molecule has 2 aliphatic rings. The van der Waals surface area contributed by atoms with E-state index >= 15 is 0 Å². The van der Waals surface area contributed by atoms with Gasteiger partial charge in [-0.1, -0.05) is 31.7 Å². The number of carboxylic acids is 1. The number of thiophene rings is 1. The Morgan fingerprint density at radius 1 is 1.13 bits per heavy atom. The van der Waals surface area contributed by atoms with Crippen LogP contribution in [0.1, 0.15) is 62.7 Å². The number of aliphatic carboxylic acids is 1. The van der Waals surface area contributed by atoms with Crippen LogP contribution in [-0.4, -0.2) is 23.5 Å². The molecule has 2 fully saturated rings. The van der Waals surface area contributed by atoms with Gasteiger partial charge in [-0.15, -0.1) is 11.3 Å². The first-order chi connectivity index (χ1) is 11.1. The number of nitrogens with one attached hydrogen (secondary N) is 1. The van der Waals surface area contributed by atoms with E-state index in [9.17, 15) is 14.7 Å². The fourth-order valence-electron chi connectivity index (χ4n) is 4.03. The molecule has 0 aliphatic heterocycles. The Kier molecular flexibility index (Phi) is 4.76. The first-order valence-electron chi connectivity index (χ1n) is 8.61. The molecule has 2 aliphatic carbocycles. The van der Waals surface area contributed by atoms with Gasteiger partial charge < -0.3 is 10.4 Å². The highest BCUT2D eigenvalue weighted by atomic mass is 32.1. The van der Waals surface area contributed by atoms with Crippen molar-refractivity contribution in [1.29, 1.82) is 0 Å². The number of hydrogen-bond acceptors (Lipinski definition) is 3. The van der Waals surface area contributed by atoms with Crippen molar-refractivity contribution in [2.24, 2.45) is 5.41 Å². The van der Waals surface area contributed by atoms with E-state index in [0.29, 0.717) is 19.4 Å². The van der Waals surface area contributed by atoms with Crippen molar-refractivity contribution in [3.05, 3.63) is 22.4 Å². The SMILES string of the molecule is O=C(CC1(C(=O)O)CCC1)NCC1(c2cccs2)CCCCC1. The predicted octanol–water partition coefficient (Wildman–Crippen LogP) is 3.71. The number of carboxylic acid groups (broad SMARTS) is 1. The molecule has 0 atom stereocenters. The van der Waals surface area contributed by atoms with Crippen molar-refractivity contribution in [3.8, 4) is 0 Å². The minimum Gasteiger partial charge on any atom is -0.481 e. The van der Waals surface area contributed by atoms with Gasteiger partial charge in [0.15, 0.2) is 0 Å². The van der Waals surface area contributed by atoms with Crippen LogP contribution < -0.4 is 5.32 Å². The molecule has 3 rings (SSSR count). The molecule has 0 bridgehead atoms. The standard InChI is InChI=1S/C18H25NO3S/c20-15(12-17(16(21)22)9-5-10-17)19-13-18(7-2-1-3-8-18)14-6-4-11-23-14/h4,6,11H,1-3,5,7-10,12-13H2,(H,19,20)(H,21,22). The second kappa shape index (κ2) is 6.63. The van der Waals surface area contributed by atoms with E-state index in [0.717, 1.165) is 19.3 Å². The van der Waals surface area contributed by atoms with E-state index in [1.54, 1.807) is 11.3 Å². The molecular formula is C18H25NO3S. The highest BCUT2D eigenvalue weighted by Crippen LogP contribution is 2.44. The zero-order valence-electron chi connectivity index (χ0n) is 13.5. The maximum absolute atomic E-state index is 12.3. The average Bonchev–Trinajstić information content (AvgIpc) is 3.04. The Morgan fingerprint density at radius 2 is 1.87 bits per heavy atom. The number of amides is 1. The fraction of sp³-hybridized carbons (Fsp3) is 0.667. The van der Waals surface area contributed by atoms with E-state index in [1.165, 1.54) is 24.1 Å². The van der Waals surface area contributed by atoms with Crippen molar-refractivity contribution in [2.75, 3.05) is 6.54 Å². The topological polar surface area (TPSA) is 66.4 Å². The second-order valence-electron chi connectivity index (χ2n) is 7.21. The van der Waals surface area contributed by atoms with E-state index in [4.69, 9.17) is 0 Å². The molecule has 0 aromatic carbocycles. The quantitative estimate of drug-likeness (QED) is 0.833. The summed E-state index contributed by atoms with van der Waals surface area (Å²) in [5.41, 5.74) is -0.745. The largest absolute Gasteiger partial charge is 0.481 e. The van der Waals surface area contributed by atoms with Crippen molar-refractivity contribution in [3.63, 3.8) is 0 Å². The highest BCUT2D eigenvalue weighted by Gasteiger charge is 2.46. The van der Waals surface area contributed by atoms with Gasteiger partial charge in [-0.25, -0.2) is 0 Å². The van der Waals surface area contributed by atoms with Crippen LogP contribution in [0.25, 0.3) is 0 Å². The summed E-state index contributed by atoms with van der Waals surface area (Å²) in [6, 6.07) is 4.25. The van der Waals surface area contributed by atoms with Crippen LogP contribution in [0.3, 0.4) is 0 Å². The lowest BCUT2D eigenvalue weighted by atomic mass is 9.66. The highest BCUT2D eigenvalue weighted by molar-refractivity contribution is 7.10. The molecule has 1 aromatic heterocycles. The second-order valence-corrected chi connectivity index (χ2v) is 8.16. The van der Waals surface area contributed by atoms with E-state index in [1.807, 2.05) is 0 Å². The maximum atomic E-state index is 12.3. The lowest BCUT2D eigenvalue weighted by Crippen LogP contribution is -2.46. The minimum atomic E-state index is -0.815. The molecule has 2 saturated carbocycles. The predicted molar refractivity (Wildman–Crippen MR) is 90.6 cm³/mol. The third kappa shape index (κ3) is 3.30. The number of hydrogen-bond donors (Lipinski definition) is 2. The van der Waals surface area contributed by atoms with Gasteiger partial charge in [-0.3, -0.25) is 9.59 Å². The molecule has 4 nitrogen and oxygen atoms in total. The fourth-order valence-corrected chi connectivity index (χ4v) is 5.01. The van der Waals surface area contributed by atoms with Gasteiger partial charge in [-0.05, 0) is 37.1 Å². The Balaban J connectivity index is 1.63. The van der Waals surface area contributed by atoms with Gasteiger partial charge in [0.2, 0.25) is 5.91 Å². The third-order valence-corrected chi connectivity index (χ3v) is 6.86. The summed E-state index contributed by atoms with van der Waals surface area (Å²) >= 11 is 1.77. The number of rotatable bonds is 6. The third-order valence-electron chi connectivity index (χ3n) is 5.74. The van der Waals surface area contributed by atoms with Gasteiger partial charge in [-0.2, -0.15) is 0 Å². The summed E-state index contributed by atoms with van der Waals surface area (Å²) in [7, 11) is 0. The Bertz CT molecular complexity index is 557. The first-order valence-corrected chi connectivity index (χ1v) is 9.49. The molecule has 126 valence electrons. The van der Waals surface area contributed by atoms with Gasteiger partial charge >= 0.3 is 5.97 Å². The van der Waals surface area contributed by atoms with Crippen LogP contribution >= 0.6 is 11.3 Å². The van der Waals surface area contributed by atoms with Crippen LogP contribution in [0.15, 0.2) is 17.5 Å². The Labute approximate surface area is 141 Å². The zero-order chi connectivity index (χ0) is 16.3. The maximum Gasteiger partial charge on any atom is 0.310 e. The molecule has 0 spiro atoms. The summed E-state index contributed by atoms with van der Waals surface area (Å²) in [5, 5.41) is 14.5. The summed E-state index contributed by atoms with van der Waals surface area (Å²) in [6.07, 6.45) is 8.19. The summed E-state index contributed by atoms with van der Waals surface area (Å²) in [6.45, 7) is 0.641. The molecule has 1 aromatic rings. The molecule has 23 heavy (non-hydrogen) atoms. The van der Waals surface area contributed by atoms with Crippen LogP contribution in [0, 0.1) is 5.41 Å². The lowest BCUT2D eigenvalue weighted by Gasteiger charge is -2.39. The molecular weight excluding hydrogens is 310 g/mol. The van der Waals surface area contributed by atoms with Crippen LogP contribution in [0.2, 0.25) is 0 Å². The summed E-state index contributed by atoms with van der Waals surface area (Å²) < 4.78 is 0. The normalized spacial score (nSPS) is 22.1. The van der Waals surface area contributed by atoms with Crippen LogP contribution in [-0.2, 0) is 15.0 Å². The van der Waals surface area contributed by atoms with E-state index in [2.05, 4.69) is 22.8 Å². The monoisotopic (exact) mass is 335 g/mol. The summed E-state index contributed by atoms with van der Waals surface area (Å²) in [4.78, 5) is 25.1. The van der Waals surface area contributed by atoms with Crippen LogP contribution in [0.4, 0.5) is 0 Å². The number of carbonyl (C=O) groups excluding carboxylic acids is 1. The smallest absolute Gasteiger partial charge is 0.310 e. The minimum absolute atomic E-state index is 0.0536. The Morgan fingerprint density at radius 3 is 2.39 bits per heavy atom. The zero-order valence-corrected chi connectivity index (χ0v) is 14.3. The van der Waals surface area contributed by atoms with Gasteiger partial charge in [0.05, 0.1) is 5.41 Å². The van der Waals surface area contributed by atoms with Crippen molar-refractivity contribution in [1.82, 2.24) is 5.32 Å². The average molecular weight is 335 g/mol. The first kappa shape index (κ1) is 16.5.